The van der Waals surface area contributed by atoms with E-state index < -0.39 is 11.4 Å². The zero-order valence-corrected chi connectivity index (χ0v) is 23.1. The molecule has 0 aromatic heterocycles. The largest absolute Gasteiger partial charge is 0.503 e. The van der Waals surface area contributed by atoms with Crippen molar-refractivity contribution in [3.05, 3.63) is 45.9 Å². The van der Waals surface area contributed by atoms with E-state index in [-0.39, 0.29) is 23.8 Å². The highest BCUT2D eigenvalue weighted by Crippen LogP contribution is 2.45. The molecule has 2 aliphatic heterocycles. The first-order chi connectivity index (χ1) is 17.1. The van der Waals surface area contributed by atoms with Gasteiger partial charge in [-0.15, -0.1) is 0 Å². The average molecular weight is 502 g/mol. The molecule has 1 aliphatic carbocycles. The summed E-state index contributed by atoms with van der Waals surface area (Å²) in [6.45, 7) is 15.8. The Morgan fingerprint density at radius 1 is 1.25 bits per heavy atom. The maximum atomic E-state index is 14.9. The quantitative estimate of drug-likeness (QED) is 0.394. The van der Waals surface area contributed by atoms with E-state index in [0.717, 1.165) is 43.5 Å². The molecule has 0 bridgehead atoms. The van der Waals surface area contributed by atoms with Crippen molar-refractivity contribution in [3.8, 4) is 5.75 Å². The summed E-state index contributed by atoms with van der Waals surface area (Å²) in [7, 11) is 0. The maximum Gasteiger partial charge on any atom is 0.410 e. The molecular weight excluding hydrogens is 457 g/mol. The average Bonchev–Trinajstić information content (AvgIpc) is 3.69. The van der Waals surface area contributed by atoms with E-state index in [2.05, 4.69) is 24.5 Å². The minimum Gasteiger partial charge on any atom is -0.503 e. The van der Waals surface area contributed by atoms with Crippen molar-refractivity contribution >= 4 is 11.8 Å². The van der Waals surface area contributed by atoms with Crippen LogP contribution in [0.25, 0.3) is 0 Å². The number of anilines is 1. The smallest absolute Gasteiger partial charge is 0.410 e. The van der Waals surface area contributed by atoms with Crippen LogP contribution in [0.4, 0.5) is 14.9 Å². The first-order valence-electron chi connectivity index (χ1n) is 13.5. The van der Waals surface area contributed by atoms with Crippen molar-refractivity contribution < 1.29 is 19.0 Å². The molecule has 3 aliphatic rings. The van der Waals surface area contributed by atoms with Crippen LogP contribution in [0, 0.1) is 5.82 Å². The third-order valence-corrected chi connectivity index (χ3v) is 6.97. The number of carbonyl (C=O) groups is 1. The van der Waals surface area contributed by atoms with E-state index in [1.165, 1.54) is 11.1 Å². The number of rotatable bonds is 4. The number of aromatic hydroxyl groups is 1. The van der Waals surface area contributed by atoms with Gasteiger partial charge in [-0.25, -0.2) is 9.18 Å². The van der Waals surface area contributed by atoms with Gasteiger partial charge in [-0.05, 0) is 88.6 Å². The van der Waals surface area contributed by atoms with Crippen molar-refractivity contribution in [2.75, 3.05) is 25.0 Å². The van der Waals surface area contributed by atoms with Crippen LogP contribution in [-0.4, -0.2) is 47.4 Å². The van der Waals surface area contributed by atoms with E-state index in [9.17, 15) is 14.3 Å². The number of benzene rings is 1. The summed E-state index contributed by atoms with van der Waals surface area (Å²) in [6, 6.07) is 3.36. The molecule has 1 aromatic rings. The van der Waals surface area contributed by atoms with Crippen molar-refractivity contribution in [1.82, 2.24) is 10.2 Å². The minimum atomic E-state index is -0.581. The van der Waals surface area contributed by atoms with Gasteiger partial charge in [-0.1, -0.05) is 32.4 Å². The molecule has 1 amide bonds. The number of hydrogen-bond acceptors (Lipinski definition) is 5. The number of allylic oxidation sites excluding steroid dienone is 1. The molecule has 1 unspecified atom stereocenters. The third-order valence-electron chi connectivity index (χ3n) is 6.97. The summed E-state index contributed by atoms with van der Waals surface area (Å²) in [5, 5.41) is 17.5. The van der Waals surface area contributed by atoms with Gasteiger partial charge in [0.2, 0.25) is 0 Å². The number of carbonyl (C=O) groups excluding carboxylic acids is 1. The number of nitrogens with one attached hydrogen (secondary N) is 2. The number of phenolic OH excluding ortho intramolecular Hbond substituents is 1. The molecule has 2 fully saturated rings. The van der Waals surface area contributed by atoms with Crippen molar-refractivity contribution in [2.45, 2.75) is 98.1 Å². The van der Waals surface area contributed by atoms with Crippen LogP contribution in [0.15, 0.2) is 34.5 Å². The highest BCUT2D eigenvalue weighted by Gasteiger charge is 2.38. The van der Waals surface area contributed by atoms with Crippen LogP contribution in [0.1, 0.15) is 92.1 Å². The molecule has 2 heterocycles. The van der Waals surface area contributed by atoms with E-state index in [0.29, 0.717) is 30.8 Å². The van der Waals surface area contributed by atoms with E-state index >= 15 is 0 Å². The molecule has 1 aromatic carbocycles. The number of nitrogens with zero attached hydrogens (tertiary/aromatic N) is 1. The summed E-state index contributed by atoms with van der Waals surface area (Å²) in [5.41, 5.74) is 4.88. The Kier molecular flexibility index (Phi) is 9.09. The monoisotopic (exact) mass is 501 g/mol. The topological polar surface area (TPSA) is 73.8 Å². The second-order valence-electron chi connectivity index (χ2n) is 10.7. The highest BCUT2D eigenvalue weighted by molar-refractivity contribution is 5.71. The first-order valence-corrected chi connectivity index (χ1v) is 13.5. The molecule has 1 atom stereocenters. The molecular formula is C29H44FN3O3. The Balaban J connectivity index is 0.00000176. The second-order valence-corrected chi connectivity index (χ2v) is 10.7. The fourth-order valence-electron chi connectivity index (χ4n) is 4.94. The summed E-state index contributed by atoms with van der Waals surface area (Å²) < 4.78 is 20.6. The lowest BCUT2D eigenvalue weighted by Crippen LogP contribution is -2.51. The van der Waals surface area contributed by atoms with Gasteiger partial charge in [-0.3, -0.25) is 4.90 Å². The summed E-state index contributed by atoms with van der Waals surface area (Å²) in [5.74, 6) is -0.630. The molecule has 36 heavy (non-hydrogen) atoms. The van der Waals surface area contributed by atoms with Gasteiger partial charge in [0, 0.05) is 25.2 Å². The number of halogens is 1. The summed E-state index contributed by atoms with van der Waals surface area (Å²) >= 11 is 0. The second kappa shape index (κ2) is 11.7. The fraction of sp³-hybridized carbons (Fsp3) is 0.621. The molecule has 6 nitrogen and oxygen atoms in total. The van der Waals surface area contributed by atoms with Crippen molar-refractivity contribution in [3.63, 3.8) is 0 Å². The highest BCUT2D eigenvalue weighted by atomic mass is 19.1. The molecule has 0 radical (unpaired) electrons. The lowest BCUT2D eigenvalue weighted by Gasteiger charge is -2.40. The molecule has 3 N–H and O–H groups in total. The number of ether oxygens (including phenoxy) is 1. The minimum absolute atomic E-state index is 0.206. The van der Waals surface area contributed by atoms with Gasteiger partial charge in [0.15, 0.2) is 11.6 Å². The maximum absolute atomic E-state index is 14.9. The Labute approximate surface area is 216 Å². The predicted octanol–water partition coefficient (Wildman–Crippen LogP) is 6.83. The Morgan fingerprint density at radius 3 is 2.56 bits per heavy atom. The van der Waals surface area contributed by atoms with Gasteiger partial charge >= 0.3 is 6.09 Å². The molecule has 4 rings (SSSR count). The van der Waals surface area contributed by atoms with Crippen LogP contribution in [0.5, 0.6) is 5.75 Å². The summed E-state index contributed by atoms with van der Waals surface area (Å²) in [6.07, 6.45) is 3.93. The van der Waals surface area contributed by atoms with Gasteiger partial charge < -0.3 is 20.5 Å². The van der Waals surface area contributed by atoms with Crippen LogP contribution in [0.2, 0.25) is 0 Å². The van der Waals surface area contributed by atoms with E-state index in [1.54, 1.807) is 12.1 Å². The fourth-order valence-corrected chi connectivity index (χ4v) is 4.94. The number of phenols is 1. The first kappa shape index (κ1) is 28.0. The lowest BCUT2D eigenvalue weighted by atomic mass is 9.86. The van der Waals surface area contributed by atoms with E-state index in [4.69, 9.17) is 4.74 Å². The van der Waals surface area contributed by atoms with E-state index in [1.807, 2.05) is 39.5 Å². The predicted molar refractivity (Wildman–Crippen MR) is 144 cm³/mol. The molecule has 1 saturated heterocycles. The van der Waals surface area contributed by atoms with Gasteiger partial charge in [0.25, 0.3) is 0 Å². The normalized spacial score (nSPS) is 21.7. The molecule has 7 heteroatoms. The number of amides is 1. The van der Waals surface area contributed by atoms with Gasteiger partial charge in [0.1, 0.15) is 5.60 Å². The Bertz CT molecular complexity index is 1020. The number of hydrogen-bond donors (Lipinski definition) is 3. The zero-order valence-electron chi connectivity index (χ0n) is 23.1. The van der Waals surface area contributed by atoms with Crippen LogP contribution < -0.4 is 10.6 Å². The van der Waals surface area contributed by atoms with Crippen molar-refractivity contribution in [1.29, 1.82) is 0 Å². The Hall–Kier alpha value is -2.54. The van der Waals surface area contributed by atoms with Crippen molar-refractivity contribution in [2.24, 2.45) is 0 Å². The molecule has 1 saturated carbocycles. The van der Waals surface area contributed by atoms with Gasteiger partial charge in [-0.2, -0.15) is 0 Å². The lowest BCUT2D eigenvalue weighted by molar-refractivity contribution is 0.0183. The van der Waals surface area contributed by atoms with Crippen LogP contribution in [-0.2, 0) is 4.74 Å². The zero-order chi connectivity index (χ0) is 26.6. The number of fused-ring (bicyclic) bond motifs is 1. The third kappa shape index (κ3) is 6.23. The van der Waals surface area contributed by atoms with Crippen LogP contribution >= 0.6 is 0 Å². The standard InChI is InChI=1S/C27H38FN3O3.C2H6/c1-6-16(2)18-11-13-29-15-22-23(18)20(12-14-31(22)26(33)34-27(3,4)5)30-21-10-9-19(17-7-8-17)24(28)25(21)32;1-2/h9-10,17,22,29-30,32H,6-8,11-15H2,1-5H3;1-2H3. The van der Waals surface area contributed by atoms with Gasteiger partial charge in [0.05, 0.1) is 11.7 Å². The molecule has 0 spiro atoms. The molecule has 200 valence electrons. The Morgan fingerprint density at radius 2 is 1.94 bits per heavy atom. The summed E-state index contributed by atoms with van der Waals surface area (Å²) in [4.78, 5) is 14.9. The SMILES string of the molecule is CC.CCC(C)=C1CCNCC2C1=C(Nc1ccc(C3CC3)c(F)c1O)CCN2C(=O)OC(C)(C)C. The van der Waals surface area contributed by atoms with Crippen LogP contribution in [0.3, 0.4) is 0 Å².